The van der Waals surface area contributed by atoms with E-state index in [9.17, 15) is 4.79 Å². The number of carbonyl (C=O) groups excluding carboxylic acids is 1. The van der Waals surface area contributed by atoms with Crippen LogP contribution >= 0.6 is 11.8 Å². The van der Waals surface area contributed by atoms with Crippen LogP contribution in [0.25, 0.3) is 10.9 Å². The molecule has 21 heavy (non-hydrogen) atoms. The highest BCUT2D eigenvalue weighted by Crippen LogP contribution is 2.25. The lowest BCUT2D eigenvalue weighted by Gasteiger charge is -2.14. The number of aromatic nitrogens is 1. The molecule has 0 spiro atoms. The topological polar surface area (TPSA) is 70.9 Å². The molecule has 1 aromatic heterocycles. The maximum absolute atomic E-state index is 12.1. The molecule has 1 amide bonds. The van der Waals surface area contributed by atoms with Crippen molar-refractivity contribution in [2.45, 2.75) is 30.6 Å². The summed E-state index contributed by atoms with van der Waals surface area (Å²) in [5.74, 6) is 1.16. The zero-order valence-electron chi connectivity index (χ0n) is 12.0. The van der Waals surface area contributed by atoms with E-state index in [4.69, 9.17) is 5.73 Å². The van der Waals surface area contributed by atoms with Crippen LogP contribution in [-0.4, -0.2) is 34.5 Å². The van der Waals surface area contributed by atoms with Crippen molar-refractivity contribution in [1.82, 2.24) is 10.3 Å². The first-order valence-corrected chi connectivity index (χ1v) is 8.49. The summed E-state index contributed by atoms with van der Waals surface area (Å²) in [7, 11) is 0. The molecule has 5 heteroatoms. The molecule has 1 aromatic carbocycles. The van der Waals surface area contributed by atoms with Crippen molar-refractivity contribution in [1.29, 1.82) is 0 Å². The molecule has 4 N–H and O–H groups in total. The van der Waals surface area contributed by atoms with Gasteiger partial charge in [-0.2, -0.15) is 11.8 Å². The van der Waals surface area contributed by atoms with Crippen molar-refractivity contribution < 1.29 is 4.79 Å². The fraction of sp³-hybridized carbons (Fsp3) is 0.438. The highest BCUT2D eigenvalue weighted by Gasteiger charge is 2.19. The minimum absolute atomic E-state index is 0.0484. The smallest absolute Gasteiger partial charge is 0.237 e. The van der Waals surface area contributed by atoms with Gasteiger partial charge in [-0.15, -0.1) is 0 Å². The van der Waals surface area contributed by atoms with Gasteiger partial charge in [0.05, 0.1) is 6.04 Å². The lowest BCUT2D eigenvalue weighted by molar-refractivity contribution is -0.122. The number of aromatic amines is 1. The Kier molecular flexibility index (Phi) is 4.51. The Morgan fingerprint density at radius 2 is 2.33 bits per heavy atom. The number of hydrogen-bond donors (Lipinski definition) is 3. The Balaban J connectivity index is 1.57. The number of nitrogens with two attached hydrogens (primary N) is 1. The highest BCUT2D eigenvalue weighted by atomic mass is 32.2. The third-order valence-corrected chi connectivity index (χ3v) is 5.38. The molecule has 2 aromatic rings. The molecule has 0 saturated carbocycles. The summed E-state index contributed by atoms with van der Waals surface area (Å²) in [5.41, 5.74) is 8.24. The second-order valence-corrected chi connectivity index (χ2v) is 6.96. The highest BCUT2D eigenvalue weighted by molar-refractivity contribution is 8.00. The van der Waals surface area contributed by atoms with Crippen LogP contribution in [0.3, 0.4) is 0 Å². The van der Waals surface area contributed by atoms with E-state index in [1.807, 2.05) is 36.2 Å². The van der Waals surface area contributed by atoms with Gasteiger partial charge in [-0.25, -0.2) is 0 Å². The van der Waals surface area contributed by atoms with Crippen LogP contribution in [0, 0.1) is 0 Å². The minimum Gasteiger partial charge on any atom is -0.361 e. The number of carbonyl (C=O) groups is 1. The molecule has 1 aliphatic heterocycles. The predicted octanol–water partition coefficient (Wildman–Crippen LogP) is 2.05. The van der Waals surface area contributed by atoms with Crippen LogP contribution in [0.15, 0.2) is 30.5 Å². The second kappa shape index (κ2) is 6.54. The lowest BCUT2D eigenvalue weighted by atomic mass is 10.1. The number of thioether (sulfide) groups is 1. The zero-order chi connectivity index (χ0) is 14.7. The number of fused-ring (bicyclic) bond motifs is 1. The monoisotopic (exact) mass is 303 g/mol. The van der Waals surface area contributed by atoms with Gasteiger partial charge < -0.3 is 16.0 Å². The van der Waals surface area contributed by atoms with Crippen LogP contribution in [0.2, 0.25) is 0 Å². The third kappa shape index (κ3) is 3.41. The molecule has 1 saturated heterocycles. The van der Waals surface area contributed by atoms with E-state index in [-0.39, 0.29) is 5.91 Å². The van der Waals surface area contributed by atoms with Crippen LogP contribution in [-0.2, 0) is 11.2 Å². The van der Waals surface area contributed by atoms with Crippen LogP contribution in [0.1, 0.15) is 18.4 Å². The van der Waals surface area contributed by atoms with E-state index < -0.39 is 6.04 Å². The fourth-order valence-electron chi connectivity index (χ4n) is 2.78. The molecule has 1 aliphatic rings. The van der Waals surface area contributed by atoms with E-state index in [1.165, 1.54) is 18.6 Å². The number of para-hydroxylation sites is 1. The van der Waals surface area contributed by atoms with Crippen LogP contribution < -0.4 is 11.1 Å². The first-order valence-electron chi connectivity index (χ1n) is 7.44. The zero-order valence-corrected chi connectivity index (χ0v) is 12.8. The maximum Gasteiger partial charge on any atom is 0.237 e. The molecule has 0 bridgehead atoms. The Morgan fingerprint density at radius 1 is 1.48 bits per heavy atom. The van der Waals surface area contributed by atoms with Gasteiger partial charge in [-0.05, 0) is 36.6 Å². The second-order valence-electron chi connectivity index (χ2n) is 5.55. The van der Waals surface area contributed by atoms with Gasteiger partial charge in [0.1, 0.15) is 0 Å². The summed E-state index contributed by atoms with van der Waals surface area (Å²) in [6, 6.07) is 7.59. The van der Waals surface area contributed by atoms with Crippen molar-refractivity contribution >= 4 is 28.6 Å². The third-order valence-electron chi connectivity index (χ3n) is 3.98. The molecule has 3 rings (SSSR count). The number of hydrogen-bond acceptors (Lipinski definition) is 3. The van der Waals surface area contributed by atoms with Crippen molar-refractivity contribution in [3.8, 4) is 0 Å². The van der Waals surface area contributed by atoms with Gasteiger partial charge in [0.25, 0.3) is 0 Å². The maximum atomic E-state index is 12.1. The van der Waals surface area contributed by atoms with Crippen molar-refractivity contribution in [2.24, 2.45) is 5.73 Å². The van der Waals surface area contributed by atoms with Crippen molar-refractivity contribution in [3.05, 3.63) is 36.0 Å². The summed E-state index contributed by atoms with van der Waals surface area (Å²) in [4.78, 5) is 15.3. The summed E-state index contributed by atoms with van der Waals surface area (Å²) >= 11 is 1.94. The average molecular weight is 303 g/mol. The van der Waals surface area contributed by atoms with Gasteiger partial charge in [0.2, 0.25) is 5.91 Å². The molecular weight excluding hydrogens is 282 g/mol. The van der Waals surface area contributed by atoms with E-state index in [1.54, 1.807) is 0 Å². The molecule has 2 heterocycles. The number of nitrogens with one attached hydrogen (secondary N) is 2. The molecule has 0 radical (unpaired) electrons. The normalized spacial score (nSPS) is 19.8. The molecular formula is C16H21N3OS. The van der Waals surface area contributed by atoms with Gasteiger partial charge in [0.15, 0.2) is 0 Å². The van der Waals surface area contributed by atoms with Crippen LogP contribution in [0.5, 0.6) is 0 Å². The van der Waals surface area contributed by atoms with Crippen molar-refractivity contribution in [2.75, 3.05) is 12.3 Å². The standard InChI is InChI=1S/C16H21N3OS/c17-14(16(20)19-10-12-4-3-7-21-12)8-11-9-18-15-6-2-1-5-13(11)15/h1-2,5-6,9,12,14,18H,3-4,7-8,10,17H2,(H,19,20)/t12?,14-/m0/s1. The quantitative estimate of drug-likeness (QED) is 0.791. The van der Waals surface area contributed by atoms with Crippen LogP contribution in [0.4, 0.5) is 0 Å². The Labute approximate surface area is 128 Å². The fourth-order valence-corrected chi connectivity index (χ4v) is 3.98. The predicted molar refractivity (Wildman–Crippen MR) is 88.5 cm³/mol. The van der Waals surface area contributed by atoms with E-state index in [0.717, 1.165) is 23.0 Å². The Morgan fingerprint density at radius 3 is 3.14 bits per heavy atom. The lowest BCUT2D eigenvalue weighted by Crippen LogP contribution is -2.43. The molecule has 4 nitrogen and oxygen atoms in total. The van der Waals surface area contributed by atoms with E-state index >= 15 is 0 Å². The summed E-state index contributed by atoms with van der Waals surface area (Å²) in [6.45, 7) is 0.741. The number of H-pyrrole nitrogens is 1. The Bertz CT molecular complexity index is 619. The summed E-state index contributed by atoms with van der Waals surface area (Å²) < 4.78 is 0. The SMILES string of the molecule is N[C@@H](Cc1c[nH]c2ccccc12)C(=O)NCC1CCCS1. The number of amides is 1. The van der Waals surface area contributed by atoms with Crippen molar-refractivity contribution in [3.63, 3.8) is 0 Å². The molecule has 112 valence electrons. The van der Waals surface area contributed by atoms with Gasteiger partial charge >= 0.3 is 0 Å². The molecule has 2 atom stereocenters. The first kappa shape index (κ1) is 14.5. The van der Waals surface area contributed by atoms with E-state index in [0.29, 0.717) is 11.7 Å². The van der Waals surface area contributed by atoms with Gasteiger partial charge in [0, 0.05) is 28.9 Å². The molecule has 1 fully saturated rings. The summed E-state index contributed by atoms with van der Waals surface area (Å²) in [6.07, 6.45) is 4.97. The number of rotatable bonds is 5. The average Bonchev–Trinajstić information content (AvgIpc) is 3.15. The molecule has 0 aliphatic carbocycles. The van der Waals surface area contributed by atoms with Gasteiger partial charge in [-0.1, -0.05) is 18.2 Å². The largest absolute Gasteiger partial charge is 0.361 e. The number of benzene rings is 1. The first-order chi connectivity index (χ1) is 10.2. The summed E-state index contributed by atoms with van der Waals surface area (Å²) in [5, 5.41) is 4.70. The Hall–Kier alpha value is -1.46. The molecule has 1 unspecified atom stereocenters. The van der Waals surface area contributed by atoms with E-state index in [2.05, 4.69) is 16.4 Å². The van der Waals surface area contributed by atoms with Gasteiger partial charge in [-0.3, -0.25) is 4.79 Å². The minimum atomic E-state index is -0.490.